The van der Waals surface area contributed by atoms with Crippen molar-refractivity contribution in [2.24, 2.45) is 0 Å². The molecule has 1 aromatic heterocycles. The van der Waals surface area contributed by atoms with Crippen LogP contribution < -0.4 is 15.1 Å². The van der Waals surface area contributed by atoms with E-state index in [-0.39, 0.29) is 29.6 Å². The number of fused-ring (bicyclic) bond motifs is 5. The lowest BCUT2D eigenvalue weighted by atomic mass is 9.94. The van der Waals surface area contributed by atoms with Crippen molar-refractivity contribution in [3.63, 3.8) is 0 Å². The molecule has 1 fully saturated rings. The quantitative estimate of drug-likeness (QED) is 0.509. The fourth-order valence-electron chi connectivity index (χ4n) is 3.36. The normalized spacial score (nSPS) is 20.8. The Morgan fingerprint density at radius 3 is 2.80 bits per heavy atom. The lowest BCUT2D eigenvalue weighted by molar-refractivity contribution is -0.150. The number of benzene rings is 1. The van der Waals surface area contributed by atoms with E-state index in [2.05, 4.69) is 0 Å². The van der Waals surface area contributed by atoms with Crippen LogP contribution in [-0.4, -0.2) is 30.3 Å². The summed E-state index contributed by atoms with van der Waals surface area (Å²) in [6, 6.07) is 1.52. The topological polar surface area (TPSA) is 112 Å². The van der Waals surface area contributed by atoms with Crippen LogP contribution in [0.5, 0.6) is 17.2 Å². The average molecular weight is 346 g/mol. The largest absolute Gasteiger partial charge is 0.506 e. The highest BCUT2D eigenvalue weighted by molar-refractivity contribution is 6.05. The smallest absolute Gasteiger partial charge is 0.351 e. The van der Waals surface area contributed by atoms with Gasteiger partial charge in [-0.15, -0.1) is 0 Å². The minimum absolute atomic E-state index is 0.0350. The van der Waals surface area contributed by atoms with Gasteiger partial charge in [-0.2, -0.15) is 0 Å². The molecule has 2 unspecified atom stereocenters. The summed E-state index contributed by atoms with van der Waals surface area (Å²) in [6.07, 6.45) is -0.700. The highest BCUT2D eigenvalue weighted by Gasteiger charge is 2.47. The van der Waals surface area contributed by atoms with Crippen LogP contribution in [0.3, 0.4) is 0 Å². The van der Waals surface area contributed by atoms with Gasteiger partial charge in [0.15, 0.2) is 11.4 Å². The Balaban J connectivity index is 2.08. The molecular weight excluding hydrogens is 332 g/mol. The van der Waals surface area contributed by atoms with Gasteiger partial charge in [-0.1, -0.05) is 6.92 Å². The van der Waals surface area contributed by atoms with Crippen molar-refractivity contribution in [1.29, 1.82) is 0 Å². The Bertz CT molecular complexity index is 987. The van der Waals surface area contributed by atoms with E-state index in [1.54, 1.807) is 6.92 Å². The van der Waals surface area contributed by atoms with Crippen molar-refractivity contribution < 1.29 is 33.3 Å². The van der Waals surface area contributed by atoms with E-state index in [0.29, 0.717) is 11.3 Å². The standard InChI is InChI=1S/C17H14O8/c1-3-7(18)12-14(20)13-8(22-2)5-9-11(15(13)25-16(12)21)6-4-10(19)24-17(6)23-9/h5-6,17,20H,3-4H2,1-2H3. The molecule has 25 heavy (non-hydrogen) atoms. The Morgan fingerprint density at radius 1 is 1.36 bits per heavy atom. The molecule has 130 valence electrons. The van der Waals surface area contributed by atoms with Crippen LogP contribution in [0.25, 0.3) is 11.0 Å². The number of carbonyl (C=O) groups excluding carboxylic acids is 2. The predicted octanol–water partition coefficient (Wildman–Crippen LogP) is 1.85. The molecule has 2 aliphatic heterocycles. The molecule has 2 aromatic rings. The first kappa shape index (κ1) is 15.5. The maximum Gasteiger partial charge on any atom is 0.351 e. The van der Waals surface area contributed by atoms with Crippen molar-refractivity contribution in [3.05, 3.63) is 27.6 Å². The number of hydrogen-bond acceptors (Lipinski definition) is 8. The van der Waals surface area contributed by atoms with E-state index in [4.69, 9.17) is 18.6 Å². The fourth-order valence-corrected chi connectivity index (χ4v) is 3.36. The Morgan fingerprint density at radius 2 is 2.12 bits per heavy atom. The number of esters is 1. The predicted molar refractivity (Wildman–Crippen MR) is 83.2 cm³/mol. The van der Waals surface area contributed by atoms with E-state index in [1.807, 2.05) is 0 Å². The number of aromatic hydroxyl groups is 1. The van der Waals surface area contributed by atoms with Gasteiger partial charge in [0.25, 0.3) is 6.29 Å². The maximum atomic E-state index is 12.3. The molecule has 1 aromatic carbocycles. The lowest BCUT2D eigenvalue weighted by Crippen LogP contribution is -2.15. The summed E-state index contributed by atoms with van der Waals surface area (Å²) in [5.41, 5.74) is -0.867. The van der Waals surface area contributed by atoms with Gasteiger partial charge >= 0.3 is 11.6 Å². The molecule has 4 rings (SSSR count). The third-order valence-corrected chi connectivity index (χ3v) is 4.51. The van der Waals surface area contributed by atoms with Crippen LogP contribution in [0.2, 0.25) is 0 Å². The average Bonchev–Trinajstić information content (AvgIpc) is 3.08. The third kappa shape index (κ3) is 2.03. The van der Waals surface area contributed by atoms with Crippen LogP contribution in [0.1, 0.15) is 41.6 Å². The molecule has 0 radical (unpaired) electrons. The van der Waals surface area contributed by atoms with Crippen LogP contribution in [-0.2, 0) is 9.53 Å². The van der Waals surface area contributed by atoms with Crippen LogP contribution in [0.15, 0.2) is 15.3 Å². The molecule has 3 heterocycles. The van der Waals surface area contributed by atoms with E-state index >= 15 is 0 Å². The SMILES string of the molecule is CCC(=O)c1c(O)c2c(OC)cc3c(c2oc1=O)C1CC(=O)OC1O3. The van der Waals surface area contributed by atoms with Crippen molar-refractivity contribution in [3.8, 4) is 17.2 Å². The van der Waals surface area contributed by atoms with Crippen LogP contribution in [0.4, 0.5) is 0 Å². The van der Waals surface area contributed by atoms with Crippen molar-refractivity contribution in [2.75, 3.05) is 7.11 Å². The van der Waals surface area contributed by atoms with Crippen molar-refractivity contribution in [1.82, 2.24) is 0 Å². The molecule has 2 atom stereocenters. The lowest BCUT2D eigenvalue weighted by Gasteiger charge is -2.12. The summed E-state index contributed by atoms with van der Waals surface area (Å²) >= 11 is 0. The molecule has 0 bridgehead atoms. The fraction of sp³-hybridized carbons (Fsp3) is 0.353. The van der Waals surface area contributed by atoms with Gasteiger partial charge < -0.3 is 23.7 Å². The first-order chi connectivity index (χ1) is 12.0. The summed E-state index contributed by atoms with van der Waals surface area (Å²) in [4.78, 5) is 35.8. The number of Topliss-reactive ketones (excluding diaryl/α,β-unsaturated/α-hetero) is 1. The molecule has 2 aliphatic rings. The number of methoxy groups -OCH3 is 1. The van der Waals surface area contributed by atoms with E-state index in [1.165, 1.54) is 13.2 Å². The molecule has 8 nitrogen and oxygen atoms in total. The summed E-state index contributed by atoms with van der Waals surface area (Å²) in [6.45, 7) is 1.57. The first-order valence-corrected chi connectivity index (χ1v) is 7.76. The number of hydrogen-bond donors (Lipinski definition) is 1. The van der Waals surface area contributed by atoms with Crippen molar-refractivity contribution >= 4 is 22.7 Å². The number of rotatable bonds is 3. The van der Waals surface area contributed by atoms with Crippen LogP contribution in [0, 0.1) is 0 Å². The van der Waals surface area contributed by atoms with Crippen molar-refractivity contribution in [2.45, 2.75) is 32.0 Å². The molecule has 0 amide bonds. The summed E-state index contributed by atoms with van der Waals surface area (Å²) in [7, 11) is 1.38. The number of carbonyl (C=O) groups is 2. The summed E-state index contributed by atoms with van der Waals surface area (Å²) in [5, 5.41) is 10.7. The molecular formula is C17H14O8. The van der Waals surface area contributed by atoms with E-state index in [0.717, 1.165) is 0 Å². The zero-order chi connectivity index (χ0) is 17.9. The minimum atomic E-state index is -0.944. The van der Waals surface area contributed by atoms with Gasteiger partial charge in [0, 0.05) is 18.1 Å². The van der Waals surface area contributed by atoms with Gasteiger partial charge in [-0.3, -0.25) is 9.59 Å². The Labute approximate surface area is 140 Å². The van der Waals surface area contributed by atoms with E-state index in [9.17, 15) is 19.5 Å². The summed E-state index contributed by atoms with van der Waals surface area (Å²) in [5.74, 6) is -1.37. The molecule has 0 saturated carbocycles. The first-order valence-electron chi connectivity index (χ1n) is 7.76. The Hall–Kier alpha value is -3.03. The number of ketones is 1. The highest BCUT2D eigenvalue weighted by Crippen LogP contribution is 2.51. The zero-order valence-corrected chi connectivity index (χ0v) is 13.5. The second-order valence-electron chi connectivity index (χ2n) is 5.87. The highest BCUT2D eigenvalue weighted by atomic mass is 16.7. The minimum Gasteiger partial charge on any atom is -0.506 e. The molecule has 1 saturated heterocycles. The second-order valence-corrected chi connectivity index (χ2v) is 5.87. The van der Waals surface area contributed by atoms with Crippen LogP contribution >= 0.6 is 0 Å². The van der Waals surface area contributed by atoms with Gasteiger partial charge in [-0.05, 0) is 0 Å². The number of ether oxygens (including phenoxy) is 3. The van der Waals surface area contributed by atoms with Gasteiger partial charge in [-0.25, -0.2) is 4.79 Å². The van der Waals surface area contributed by atoms with Gasteiger partial charge in [0.2, 0.25) is 0 Å². The molecule has 0 spiro atoms. The van der Waals surface area contributed by atoms with Gasteiger partial charge in [0.05, 0.1) is 19.4 Å². The van der Waals surface area contributed by atoms with E-state index < -0.39 is 40.9 Å². The third-order valence-electron chi connectivity index (χ3n) is 4.51. The zero-order valence-electron chi connectivity index (χ0n) is 13.5. The molecule has 1 N–H and O–H groups in total. The van der Waals surface area contributed by atoms with Gasteiger partial charge in [0.1, 0.15) is 28.2 Å². The monoisotopic (exact) mass is 346 g/mol. The summed E-state index contributed by atoms with van der Waals surface area (Å²) < 4.78 is 21.3. The maximum absolute atomic E-state index is 12.3. The molecule has 0 aliphatic carbocycles. The molecule has 8 heteroatoms. The Kier molecular flexibility index (Phi) is 3.24. The second kappa shape index (κ2) is 5.23.